The maximum atomic E-state index is 13.6. The molecule has 2 fully saturated rings. The molecule has 2 aliphatic rings. The van der Waals surface area contributed by atoms with E-state index in [-0.39, 0.29) is 5.82 Å². The Kier molecular flexibility index (Phi) is 2.32. The van der Waals surface area contributed by atoms with Gasteiger partial charge >= 0.3 is 0 Å². The van der Waals surface area contributed by atoms with E-state index in [1.165, 1.54) is 19.0 Å². The van der Waals surface area contributed by atoms with Crippen molar-refractivity contribution in [3.8, 4) is 0 Å². The number of anilines is 1. The van der Waals surface area contributed by atoms with E-state index in [9.17, 15) is 4.39 Å². The zero-order valence-corrected chi connectivity index (χ0v) is 9.14. The molecule has 2 heterocycles. The fourth-order valence-corrected chi connectivity index (χ4v) is 3.09. The first kappa shape index (κ1) is 10.0. The van der Waals surface area contributed by atoms with Gasteiger partial charge in [-0.3, -0.25) is 4.98 Å². The van der Waals surface area contributed by atoms with Crippen molar-refractivity contribution in [2.75, 3.05) is 18.0 Å². The topological polar surface area (TPSA) is 42.1 Å². The molecule has 86 valence electrons. The Morgan fingerprint density at radius 2 is 2.00 bits per heavy atom. The minimum atomic E-state index is -0.225. The van der Waals surface area contributed by atoms with Gasteiger partial charge in [-0.05, 0) is 30.7 Å². The van der Waals surface area contributed by atoms with Crippen LogP contribution in [-0.2, 0) is 0 Å². The molecular weight excluding hydrogens is 205 g/mol. The second kappa shape index (κ2) is 3.70. The van der Waals surface area contributed by atoms with E-state index >= 15 is 0 Å². The van der Waals surface area contributed by atoms with Crippen LogP contribution in [0.5, 0.6) is 0 Å². The van der Waals surface area contributed by atoms with Crippen molar-refractivity contribution >= 4 is 5.69 Å². The van der Waals surface area contributed by atoms with Crippen LogP contribution in [0.3, 0.4) is 0 Å². The smallest absolute Gasteiger partial charge is 0.164 e. The normalized spacial score (nSPS) is 33.1. The Balaban J connectivity index is 1.86. The summed E-state index contributed by atoms with van der Waals surface area (Å²) in [4.78, 5) is 5.91. The number of nitrogens with two attached hydrogens (primary N) is 1. The first-order valence-corrected chi connectivity index (χ1v) is 5.86. The highest BCUT2D eigenvalue weighted by Gasteiger charge is 2.40. The number of halogens is 1. The van der Waals surface area contributed by atoms with Crippen LogP contribution in [0, 0.1) is 17.7 Å². The van der Waals surface area contributed by atoms with Gasteiger partial charge in [-0.1, -0.05) is 0 Å². The van der Waals surface area contributed by atoms with Crippen LogP contribution in [0.15, 0.2) is 18.5 Å². The Hall–Kier alpha value is -1.16. The number of hydrogen-bond acceptors (Lipinski definition) is 3. The molecule has 1 aliphatic heterocycles. The molecule has 0 amide bonds. The summed E-state index contributed by atoms with van der Waals surface area (Å²) in [7, 11) is 0. The number of hydrogen-bond donors (Lipinski definition) is 1. The SMILES string of the molecule is N[C@@H]1C2CC[C@H]1CN(c1ccncc1F)C2. The maximum absolute atomic E-state index is 13.6. The summed E-state index contributed by atoms with van der Waals surface area (Å²) >= 11 is 0. The summed E-state index contributed by atoms with van der Waals surface area (Å²) < 4.78 is 13.6. The number of pyridine rings is 1. The molecule has 1 unspecified atom stereocenters. The summed E-state index contributed by atoms with van der Waals surface area (Å²) in [6.45, 7) is 1.78. The van der Waals surface area contributed by atoms with Gasteiger partial charge in [0.2, 0.25) is 0 Å². The van der Waals surface area contributed by atoms with Crippen molar-refractivity contribution in [1.29, 1.82) is 0 Å². The molecule has 1 saturated heterocycles. The van der Waals surface area contributed by atoms with E-state index in [0.29, 0.717) is 23.6 Å². The van der Waals surface area contributed by atoms with Gasteiger partial charge in [0.25, 0.3) is 0 Å². The number of rotatable bonds is 1. The van der Waals surface area contributed by atoms with E-state index in [1.807, 2.05) is 0 Å². The molecule has 3 atom stereocenters. The summed E-state index contributed by atoms with van der Waals surface area (Å²) in [6.07, 6.45) is 5.31. The summed E-state index contributed by atoms with van der Waals surface area (Å²) in [5.41, 5.74) is 6.81. The third-order valence-electron chi connectivity index (χ3n) is 4.00. The third kappa shape index (κ3) is 1.48. The van der Waals surface area contributed by atoms with Crippen LogP contribution in [0.1, 0.15) is 12.8 Å². The fourth-order valence-electron chi connectivity index (χ4n) is 3.09. The minimum Gasteiger partial charge on any atom is -0.368 e. The Morgan fingerprint density at radius 1 is 1.31 bits per heavy atom. The van der Waals surface area contributed by atoms with Gasteiger partial charge in [-0.2, -0.15) is 0 Å². The molecule has 16 heavy (non-hydrogen) atoms. The lowest BCUT2D eigenvalue weighted by molar-refractivity contribution is 0.354. The second-order valence-electron chi connectivity index (χ2n) is 4.91. The molecule has 0 aromatic carbocycles. The molecule has 1 aromatic heterocycles. The number of nitrogens with zero attached hydrogens (tertiary/aromatic N) is 2. The summed E-state index contributed by atoms with van der Waals surface area (Å²) in [5, 5.41) is 0. The second-order valence-corrected chi connectivity index (χ2v) is 4.91. The first-order valence-electron chi connectivity index (χ1n) is 5.86. The molecule has 2 N–H and O–H groups in total. The highest BCUT2D eigenvalue weighted by atomic mass is 19.1. The van der Waals surface area contributed by atoms with Crippen LogP contribution in [-0.4, -0.2) is 24.1 Å². The molecule has 1 aromatic rings. The molecular formula is C12H16FN3. The van der Waals surface area contributed by atoms with E-state index in [4.69, 9.17) is 5.73 Å². The lowest BCUT2D eigenvalue weighted by atomic mass is 9.93. The van der Waals surface area contributed by atoms with Gasteiger partial charge in [-0.25, -0.2) is 4.39 Å². The van der Waals surface area contributed by atoms with Gasteiger partial charge in [0.1, 0.15) is 0 Å². The van der Waals surface area contributed by atoms with Crippen molar-refractivity contribution in [3.05, 3.63) is 24.3 Å². The predicted octanol–water partition coefficient (Wildman–Crippen LogP) is 1.39. The van der Waals surface area contributed by atoms with Crippen LogP contribution in [0.2, 0.25) is 0 Å². The average Bonchev–Trinajstić information content (AvgIpc) is 2.53. The van der Waals surface area contributed by atoms with Crippen molar-refractivity contribution in [2.45, 2.75) is 18.9 Å². The van der Waals surface area contributed by atoms with Crippen molar-refractivity contribution < 1.29 is 4.39 Å². The average molecular weight is 221 g/mol. The zero-order valence-electron chi connectivity index (χ0n) is 9.14. The molecule has 3 nitrogen and oxygen atoms in total. The number of fused-ring (bicyclic) bond motifs is 2. The lowest BCUT2D eigenvalue weighted by Crippen LogP contribution is -2.49. The molecule has 4 heteroatoms. The van der Waals surface area contributed by atoms with Crippen molar-refractivity contribution in [2.24, 2.45) is 17.6 Å². The highest BCUT2D eigenvalue weighted by Crippen LogP contribution is 2.37. The van der Waals surface area contributed by atoms with E-state index < -0.39 is 0 Å². The van der Waals surface area contributed by atoms with E-state index in [2.05, 4.69) is 9.88 Å². The standard InChI is InChI=1S/C12H16FN3/c13-10-5-15-4-3-11(10)16-6-8-1-2-9(7-16)12(8)14/h3-5,8-9,12H,1-2,6-7,14H2/t8-,9?,12-/m0/s1. The summed E-state index contributed by atoms with van der Waals surface area (Å²) in [5.74, 6) is 0.843. The minimum absolute atomic E-state index is 0.225. The van der Waals surface area contributed by atoms with Gasteiger partial charge in [0.15, 0.2) is 5.82 Å². The lowest BCUT2D eigenvalue weighted by Gasteiger charge is -2.37. The van der Waals surface area contributed by atoms with Crippen LogP contribution < -0.4 is 10.6 Å². The molecule has 1 aliphatic carbocycles. The quantitative estimate of drug-likeness (QED) is 0.779. The highest BCUT2D eigenvalue weighted by molar-refractivity contribution is 5.47. The van der Waals surface area contributed by atoms with Crippen LogP contribution >= 0.6 is 0 Å². The maximum Gasteiger partial charge on any atom is 0.164 e. The van der Waals surface area contributed by atoms with Crippen molar-refractivity contribution in [3.63, 3.8) is 0 Å². The molecule has 0 spiro atoms. The summed E-state index contributed by atoms with van der Waals surface area (Å²) in [6, 6.07) is 2.08. The van der Waals surface area contributed by atoms with Gasteiger partial charge in [-0.15, -0.1) is 0 Å². The largest absolute Gasteiger partial charge is 0.368 e. The predicted molar refractivity (Wildman–Crippen MR) is 60.6 cm³/mol. The molecule has 3 rings (SSSR count). The number of aromatic nitrogens is 1. The molecule has 1 saturated carbocycles. The molecule has 0 radical (unpaired) electrons. The Bertz CT molecular complexity index is 382. The van der Waals surface area contributed by atoms with Crippen LogP contribution in [0.25, 0.3) is 0 Å². The van der Waals surface area contributed by atoms with Crippen molar-refractivity contribution in [1.82, 2.24) is 4.98 Å². The third-order valence-corrected chi connectivity index (χ3v) is 4.00. The fraction of sp³-hybridized carbons (Fsp3) is 0.583. The van der Waals surface area contributed by atoms with E-state index in [0.717, 1.165) is 13.1 Å². The molecule has 2 bridgehead atoms. The van der Waals surface area contributed by atoms with E-state index in [1.54, 1.807) is 12.3 Å². The monoisotopic (exact) mass is 221 g/mol. The zero-order chi connectivity index (χ0) is 11.1. The van der Waals surface area contributed by atoms with Gasteiger partial charge < -0.3 is 10.6 Å². The van der Waals surface area contributed by atoms with Gasteiger partial charge in [0, 0.05) is 25.3 Å². The Labute approximate surface area is 94.5 Å². The first-order chi connectivity index (χ1) is 7.75. The Morgan fingerprint density at radius 3 is 2.62 bits per heavy atom. The number of piperidine rings is 1. The van der Waals surface area contributed by atoms with Crippen LogP contribution in [0.4, 0.5) is 10.1 Å². The van der Waals surface area contributed by atoms with Gasteiger partial charge in [0.05, 0.1) is 11.9 Å².